The number of urea groups is 1. The molecule has 4 fully saturated rings. The Morgan fingerprint density at radius 3 is 2.27 bits per heavy atom. The molecule has 4 rings (SSSR count). The predicted octanol–water partition coefficient (Wildman–Crippen LogP) is 1.34. The van der Waals surface area contributed by atoms with E-state index in [0.29, 0.717) is 12.5 Å². The maximum atomic E-state index is 13.3. The van der Waals surface area contributed by atoms with Crippen molar-refractivity contribution in [2.24, 2.45) is 11.8 Å². The average Bonchev–Trinajstić information content (AvgIpc) is 3.29. The Labute approximate surface area is 155 Å². The van der Waals surface area contributed by atoms with Gasteiger partial charge in [0.2, 0.25) is 0 Å². The first-order chi connectivity index (χ1) is 12.2. The van der Waals surface area contributed by atoms with E-state index >= 15 is 0 Å². The second kappa shape index (κ2) is 6.19. The average molecular weight is 384 g/mol. The molecule has 146 valence electrons. The zero-order valence-corrected chi connectivity index (χ0v) is 16.4. The SMILES string of the molecule is C[C@@H]1CCC[C@@H](C)C12NC(=O)N(CN(C1CC1)[C@H]1CCS(=O)(=O)C1)C2=O. The van der Waals surface area contributed by atoms with Crippen LogP contribution in [-0.4, -0.2) is 66.0 Å². The van der Waals surface area contributed by atoms with Crippen LogP contribution < -0.4 is 5.32 Å². The standard InChI is InChI=1S/C18H29N3O4S/c1-12-4-3-5-13(2)18(12)16(22)21(17(23)19-18)11-20(14-6-7-14)15-8-9-26(24,25)10-15/h12-15H,3-11H2,1-2H3,(H,19,23)/t12-,13-,15+/m1/s1. The predicted molar refractivity (Wildman–Crippen MR) is 97.1 cm³/mol. The number of nitrogens with zero attached hydrogens (tertiary/aromatic N) is 2. The third-order valence-corrected chi connectivity index (χ3v) is 8.74. The van der Waals surface area contributed by atoms with Crippen molar-refractivity contribution in [1.82, 2.24) is 15.1 Å². The summed E-state index contributed by atoms with van der Waals surface area (Å²) >= 11 is 0. The zero-order valence-electron chi connectivity index (χ0n) is 15.6. The lowest BCUT2D eigenvalue weighted by Crippen LogP contribution is -2.59. The van der Waals surface area contributed by atoms with Crippen molar-refractivity contribution in [3.63, 3.8) is 0 Å². The van der Waals surface area contributed by atoms with E-state index in [-0.39, 0.29) is 48.0 Å². The van der Waals surface area contributed by atoms with Gasteiger partial charge in [0, 0.05) is 12.1 Å². The van der Waals surface area contributed by atoms with Crippen molar-refractivity contribution in [2.75, 3.05) is 18.2 Å². The summed E-state index contributed by atoms with van der Waals surface area (Å²) in [6, 6.07) is -0.0976. The molecule has 8 heteroatoms. The van der Waals surface area contributed by atoms with Crippen molar-refractivity contribution in [3.05, 3.63) is 0 Å². The fourth-order valence-electron chi connectivity index (χ4n) is 5.22. The molecule has 26 heavy (non-hydrogen) atoms. The number of sulfone groups is 1. The van der Waals surface area contributed by atoms with Crippen LogP contribution in [0.5, 0.6) is 0 Å². The zero-order chi connectivity index (χ0) is 18.7. The number of hydrogen-bond acceptors (Lipinski definition) is 5. The molecule has 3 atom stereocenters. The Balaban J connectivity index is 1.55. The van der Waals surface area contributed by atoms with Gasteiger partial charge in [-0.25, -0.2) is 18.1 Å². The van der Waals surface area contributed by atoms with Crippen LogP contribution in [0, 0.1) is 11.8 Å². The molecular formula is C18H29N3O4S. The van der Waals surface area contributed by atoms with Crippen LogP contribution in [0.2, 0.25) is 0 Å². The quantitative estimate of drug-likeness (QED) is 0.741. The van der Waals surface area contributed by atoms with Gasteiger partial charge < -0.3 is 5.32 Å². The van der Waals surface area contributed by atoms with Crippen molar-refractivity contribution in [3.8, 4) is 0 Å². The first kappa shape index (κ1) is 18.2. The Kier molecular flexibility index (Phi) is 4.34. The summed E-state index contributed by atoms with van der Waals surface area (Å²) < 4.78 is 23.8. The summed E-state index contributed by atoms with van der Waals surface area (Å²) in [6.07, 6.45) is 5.59. The van der Waals surface area contributed by atoms with Gasteiger partial charge in [-0.1, -0.05) is 20.3 Å². The van der Waals surface area contributed by atoms with E-state index in [1.54, 1.807) is 0 Å². The first-order valence-electron chi connectivity index (χ1n) is 9.85. The van der Waals surface area contributed by atoms with E-state index in [1.165, 1.54) is 4.90 Å². The van der Waals surface area contributed by atoms with E-state index in [2.05, 4.69) is 24.1 Å². The van der Waals surface area contributed by atoms with Gasteiger partial charge >= 0.3 is 6.03 Å². The highest BCUT2D eigenvalue weighted by Crippen LogP contribution is 2.42. The third-order valence-electron chi connectivity index (χ3n) is 6.98. The van der Waals surface area contributed by atoms with Crippen LogP contribution in [0.25, 0.3) is 0 Å². The molecule has 0 unspecified atom stereocenters. The normalized spacial score (nSPS) is 36.1. The van der Waals surface area contributed by atoms with Crippen LogP contribution in [-0.2, 0) is 14.6 Å². The number of hydrogen-bond donors (Lipinski definition) is 1. The summed E-state index contributed by atoms with van der Waals surface area (Å²) in [5.41, 5.74) is -0.785. The van der Waals surface area contributed by atoms with Gasteiger partial charge in [-0.3, -0.25) is 9.69 Å². The Morgan fingerprint density at radius 2 is 1.73 bits per heavy atom. The monoisotopic (exact) mass is 383 g/mol. The van der Waals surface area contributed by atoms with E-state index < -0.39 is 15.4 Å². The molecule has 3 amide bonds. The molecule has 2 aliphatic heterocycles. The highest BCUT2D eigenvalue weighted by atomic mass is 32.2. The van der Waals surface area contributed by atoms with Crippen LogP contribution in [0.3, 0.4) is 0 Å². The molecule has 1 spiro atoms. The minimum Gasteiger partial charge on any atom is -0.323 e. The highest BCUT2D eigenvalue weighted by molar-refractivity contribution is 7.91. The van der Waals surface area contributed by atoms with Crippen LogP contribution in [0.15, 0.2) is 0 Å². The molecular weight excluding hydrogens is 354 g/mol. The van der Waals surface area contributed by atoms with Crippen LogP contribution in [0.1, 0.15) is 52.4 Å². The van der Waals surface area contributed by atoms with Crippen LogP contribution >= 0.6 is 0 Å². The molecule has 2 heterocycles. The fraction of sp³-hybridized carbons (Fsp3) is 0.889. The van der Waals surface area contributed by atoms with E-state index in [1.807, 2.05) is 0 Å². The molecule has 0 aromatic rings. The summed E-state index contributed by atoms with van der Waals surface area (Å²) in [4.78, 5) is 29.5. The molecule has 2 saturated carbocycles. The van der Waals surface area contributed by atoms with Gasteiger partial charge in [-0.05, 0) is 43.9 Å². The number of rotatable bonds is 4. The van der Waals surface area contributed by atoms with Gasteiger partial charge in [0.05, 0.1) is 18.2 Å². The Bertz CT molecular complexity index is 708. The summed E-state index contributed by atoms with van der Waals surface area (Å²) in [7, 11) is -3.00. The molecule has 4 aliphatic rings. The van der Waals surface area contributed by atoms with Crippen molar-refractivity contribution in [2.45, 2.75) is 70.0 Å². The number of nitrogens with one attached hydrogen (secondary N) is 1. The van der Waals surface area contributed by atoms with Crippen LogP contribution in [0.4, 0.5) is 4.79 Å². The molecule has 1 N–H and O–H groups in total. The Morgan fingerprint density at radius 1 is 1.08 bits per heavy atom. The maximum absolute atomic E-state index is 13.3. The molecule has 2 saturated heterocycles. The van der Waals surface area contributed by atoms with Gasteiger partial charge in [-0.2, -0.15) is 0 Å². The summed E-state index contributed by atoms with van der Waals surface area (Å²) in [5, 5.41) is 3.03. The van der Waals surface area contributed by atoms with Gasteiger partial charge in [0.25, 0.3) is 5.91 Å². The fourth-order valence-corrected chi connectivity index (χ4v) is 6.96. The topological polar surface area (TPSA) is 86.8 Å². The van der Waals surface area contributed by atoms with Gasteiger partial charge in [0.1, 0.15) is 5.54 Å². The lowest BCUT2D eigenvalue weighted by Gasteiger charge is -2.42. The maximum Gasteiger partial charge on any atom is 0.326 e. The first-order valence-corrected chi connectivity index (χ1v) is 11.7. The third kappa shape index (κ3) is 2.85. The minimum absolute atomic E-state index is 0.0779. The number of imide groups is 1. The van der Waals surface area contributed by atoms with E-state index in [0.717, 1.165) is 32.1 Å². The second-order valence-corrected chi connectivity index (χ2v) is 10.9. The summed E-state index contributed by atoms with van der Waals surface area (Å²) in [6.45, 7) is 4.33. The highest BCUT2D eigenvalue weighted by Gasteiger charge is 2.59. The molecule has 0 bridgehead atoms. The van der Waals surface area contributed by atoms with Gasteiger partial charge in [0.15, 0.2) is 9.84 Å². The lowest BCUT2D eigenvalue weighted by molar-refractivity contribution is -0.138. The minimum atomic E-state index is -3.00. The van der Waals surface area contributed by atoms with Crippen molar-refractivity contribution >= 4 is 21.8 Å². The summed E-state index contributed by atoms with van der Waals surface area (Å²) in [5.74, 6) is 0.473. The van der Waals surface area contributed by atoms with E-state index in [9.17, 15) is 18.0 Å². The van der Waals surface area contributed by atoms with Crippen molar-refractivity contribution < 1.29 is 18.0 Å². The van der Waals surface area contributed by atoms with Crippen molar-refractivity contribution in [1.29, 1.82) is 0 Å². The van der Waals surface area contributed by atoms with Gasteiger partial charge in [-0.15, -0.1) is 0 Å². The lowest BCUT2D eigenvalue weighted by atomic mass is 9.67. The number of carbonyl (C=O) groups excluding carboxylic acids is 2. The molecule has 0 aromatic heterocycles. The second-order valence-electron chi connectivity index (χ2n) is 8.71. The molecule has 7 nitrogen and oxygen atoms in total. The van der Waals surface area contributed by atoms with E-state index in [4.69, 9.17) is 0 Å². The molecule has 2 aliphatic carbocycles. The number of carbonyl (C=O) groups is 2. The largest absolute Gasteiger partial charge is 0.326 e. The smallest absolute Gasteiger partial charge is 0.323 e. The molecule has 0 aromatic carbocycles. The number of amides is 3. The molecule has 0 radical (unpaired) electrons. The Hall–Kier alpha value is -1.15.